The molecular formula is C9H13NO4. The zero-order valence-electron chi connectivity index (χ0n) is 7.97. The number of amides is 1. The Morgan fingerprint density at radius 1 is 1.43 bits per heavy atom. The minimum Gasteiger partial charge on any atom is -0.467 e. The van der Waals surface area contributed by atoms with E-state index in [2.05, 4.69) is 4.74 Å². The normalized spacial score (nSPS) is 34.6. The first kappa shape index (κ1) is 9.30. The van der Waals surface area contributed by atoms with Gasteiger partial charge in [0.1, 0.15) is 6.04 Å². The van der Waals surface area contributed by atoms with Crippen LogP contribution >= 0.6 is 0 Å². The molecule has 0 aromatic rings. The van der Waals surface area contributed by atoms with Crippen molar-refractivity contribution in [3.05, 3.63) is 0 Å². The summed E-state index contributed by atoms with van der Waals surface area (Å²) < 4.78 is 4.62. The average molecular weight is 199 g/mol. The molecule has 5 heteroatoms. The summed E-state index contributed by atoms with van der Waals surface area (Å²) in [6, 6.07) is -0.530. The van der Waals surface area contributed by atoms with Gasteiger partial charge in [0.25, 0.3) is 0 Å². The molecule has 1 aliphatic carbocycles. The van der Waals surface area contributed by atoms with Crippen molar-refractivity contribution in [3.8, 4) is 0 Å². The van der Waals surface area contributed by atoms with Gasteiger partial charge in [0.2, 0.25) is 0 Å². The third-order valence-corrected chi connectivity index (χ3v) is 3.25. The number of carboxylic acid groups (broad SMARTS) is 1. The minimum absolute atomic E-state index is 0.0293. The average Bonchev–Trinajstić information content (AvgIpc) is 2.74. The first-order valence-electron chi connectivity index (χ1n) is 4.74. The number of esters is 1. The lowest BCUT2D eigenvalue weighted by molar-refractivity contribution is -0.147. The van der Waals surface area contributed by atoms with Crippen LogP contribution in [0.15, 0.2) is 0 Å². The molecule has 2 rings (SSSR count). The molecule has 5 nitrogen and oxygen atoms in total. The zero-order valence-corrected chi connectivity index (χ0v) is 7.97. The van der Waals surface area contributed by atoms with Crippen LogP contribution in [0.4, 0.5) is 4.79 Å². The Bertz CT molecular complexity index is 278. The molecule has 0 spiro atoms. The first-order chi connectivity index (χ1) is 6.65. The Labute approximate surface area is 81.6 Å². The fourth-order valence-corrected chi connectivity index (χ4v) is 2.69. The van der Waals surface area contributed by atoms with Crippen LogP contribution in [0.1, 0.15) is 19.3 Å². The van der Waals surface area contributed by atoms with Crippen LogP contribution < -0.4 is 0 Å². The number of hydrogen-bond donors (Lipinski definition) is 1. The second-order valence-electron chi connectivity index (χ2n) is 3.88. The highest BCUT2D eigenvalue weighted by atomic mass is 16.5. The molecule has 1 saturated carbocycles. The number of ether oxygens (including phenoxy) is 1. The molecule has 2 aliphatic rings. The Balaban J connectivity index is 2.21. The van der Waals surface area contributed by atoms with E-state index in [9.17, 15) is 9.59 Å². The summed E-state index contributed by atoms with van der Waals surface area (Å²) >= 11 is 0. The number of hydrogen-bond acceptors (Lipinski definition) is 3. The molecule has 0 aromatic heterocycles. The molecule has 1 saturated heterocycles. The smallest absolute Gasteiger partial charge is 0.408 e. The molecule has 78 valence electrons. The molecule has 1 N–H and O–H groups in total. The van der Waals surface area contributed by atoms with Gasteiger partial charge >= 0.3 is 12.1 Å². The molecule has 3 atom stereocenters. The molecule has 1 heterocycles. The number of rotatable bonds is 1. The van der Waals surface area contributed by atoms with Crippen LogP contribution in [-0.2, 0) is 9.53 Å². The lowest BCUT2D eigenvalue weighted by atomic mass is 9.99. The van der Waals surface area contributed by atoms with E-state index in [4.69, 9.17) is 5.11 Å². The van der Waals surface area contributed by atoms with Crippen LogP contribution in [0.2, 0.25) is 0 Å². The van der Waals surface area contributed by atoms with Crippen LogP contribution in [-0.4, -0.2) is 41.3 Å². The number of piperidine rings is 1. The van der Waals surface area contributed by atoms with Crippen molar-refractivity contribution in [2.75, 3.05) is 7.11 Å². The van der Waals surface area contributed by atoms with E-state index in [1.807, 2.05) is 0 Å². The van der Waals surface area contributed by atoms with E-state index < -0.39 is 18.1 Å². The van der Waals surface area contributed by atoms with Crippen LogP contribution in [0.5, 0.6) is 0 Å². The second kappa shape index (κ2) is 3.15. The van der Waals surface area contributed by atoms with Gasteiger partial charge in [0.15, 0.2) is 0 Å². The first-order valence-corrected chi connectivity index (χ1v) is 4.74. The minimum atomic E-state index is -1.01. The molecule has 0 radical (unpaired) electrons. The molecule has 1 amide bonds. The molecule has 2 fully saturated rings. The van der Waals surface area contributed by atoms with Gasteiger partial charge in [0, 0.05) is 6.04 Å². The Morgan fingerprint density at radius 3 is 2.71 bits per heavy atom. The largest absolute Gasteiger partial charge is 0.467 e. The molecule has 0 aromatic carbocycles. The summed E-state index contributed by atoms with van der Waals surface area (Å²) in [7, 11) is 1.30. The standard InChI is InChI=1S/C9H13NO4/c1-14-8(11)7-5-2-3-6(4-5)10(7)9(12)13/h5-7H,2-4H2,1H3,(H,12,13). The molecule has 2 bridgehead atoms. The number of carbonyl (C=O) groups excluding carboxylic acids is 1. The summed E-state index contributed by atoms with van der Waals surface area (Å²) in [5.41, 5.74) is 0. The van der Waals surface area contributed by atoms with E-state index >= 15 is 0 Å². The van der Waals surface area contributed by atoms with Crippen LogP contribution in [0.3, 0.4) is 0 Å². The van der Waals surface area contributed by atoms with Gasteiger partial charge in [-0.15, -0.1) is 0 Å². The lowest BCUT2D eigenvalue weighted by Gasteiger charge is -2.30. The summed E-state index contributed by atoms with van der Waals surface area (Å²) in [4.78, 5) is 23.6. The molecule has 1 aliphatic heterocycles. The van der Waals surface area contributed by atoms with Crippen molar-refractivity contribution in [1.82, 2.24) is 4.90 Å². The maximum Gasteiger partial charge on any atom is 0.408 e. The predicted molar refractivity (Wildman–Crippen MR) is 46.8 cm³/mol. The predicted octanol–water partition coefficient (Wildman–Crippen LogP) is 0.690. The van der Waals surface area contributed by atoms with Gasteiger partial charge in [-0.3, -0.25) is 4.90 Å². The van der Waals surface area contributed by atoms with Crippen molar-refractivity contribution < 1.29 is 19.4 Å². The van der Waals surface area contributed by atoms with Gasteiger partial charge in [-0.05, 0) is 25.2 Å². The van der Waals surface area contributed by atoms with Gasteiger partial charge in [-0.2, -0.15) is 0 Å². The SMILES string of the molecule is COC(=O)C1C2CCC(C2)N1C(=O)O. The van der Waals surface area contributed by atoms with E-state index in [1.165, 1.54) is 12.0 Å². The van der Waals surface area contributed by atoms with Gasteiger partial charge in [-0.25, -0.2) is 9.59 Å². The van der Waals surface area contributed by atoms with Crippen molar-refractivity contribution in [2.24, 2.45) is 5.92 Å². The number of nitrogens with zero attached hydrogens (tertiary/aromatic N) is 1. The van der Waals surface area contributed by atoms with Crippen molar-refractivity contribution in [1.29, 1.82) is 0 Å². The summed E-state index contributed by atoms with van der Waals surface area (Å²) in [6.07, 6.45) is 1.62. The molecule has 14 heavy (non-hydrogen) atoms. The Kier molecular flexibility index (Phi) is 2.09. The van der Waals surface area contributed by atoms with Crippen molar-refractivity contribution in [3.63, 3.8) is 0 Å². The maximum atomic E-state index is 11.4. The highest BCUT2D eigenvalue weighted by Gasteiger charge is 2.52. The van der Waals surface area contributed by atoms with Crippen LogP contribution in [0, 0.1) is 5.92 Å². The third kappa shape index (κ3) is 1.15. The quantitative estimate of drug-likeness (QED) is 0.631. The zero-order chi connectivity index (χ0) is 10.3. The highest BCUT2D eigenvalue weighted by molar-refractivity contribution is 5.82. The van der Waals surface area contributed by atoms with Crippen molar-refractivity contribution >= 4 is 12.1 Å². The van der Waals surface area contributed by atoms with E-state index in [0.29, 0.717) is 0 Å². The Hall–Kier alpha value is -1.26. The summed E-state index contributed by atoms with van der Waals surface area (Å²) in [6.45, 7) is 0. The van der Waals surface area contributed by atoms with E-state index in [0.717, 1.165) is 19.3 Å². The molecular weight excluding hydrogens is 186 g/mol. The van der Waals surface area contributed by atoms with Crippen LogP contribution in [0.25, 0.3) is 0 Å². The highest BCUT2D eigenvalue weighted by Crippen LogP contribution is 2.42. The van der Waals surface area contributed by atoms with Gasteiger partial charge in [-0.1, -0.05) is 0 Å². The number of methoxy groups -OCH3 is 1. The van der Waals surface area contributed by atoms with E-state index in [1.54, 1.807) is 0 Å². The Morgan fingerprint density at radius 2 is 2.14 bits per heavy atom. The monoisotopic (exact) mass is 199 g/mol. The molecule has 3 unspecified atom stereocenters. The fourth-order valence-electron chi connectivity index (χ4n) is 2.69. The van der Waals surface area contributed by atoms with Gasteiger partial charge in [0.05, 0.1) is 7.11 Å². The number of likely N-dealkylation sites (tertiary alicyclic amines) is 1. The fraction of sp³-hybridized carbons (Fsp3) is 0.778. The summed E-state index contributed by atoms with van der Waals surface area (Å²) in [5, 5.41) is 8.97. The van der Waals surface area contributed by atoms with E-state index in [-0.39, 0.29) is 12.0 Å². The number of carbonyl (C=O) groups is 2. The number of fused-ring (bicyclic) bond motifs is 2. The topological polar surface area (TPSA) is 66.8 Å². The van der Waals surface area contributed by atoms with Crippen molar-refractivity contribution in [2.45, 2.75) is 31.3 Å². The summed E-state index contributed by atoms with van der Waals surface area (Å²) in [5.74, 6) is -0.247. The maximum absolute atomic E-state index is 11.4. The third-order valence-electron chi connectivity index (χ3n) is 3.25. The van der Waals surface area contributed by atoms with Gasteiger partial charge < -0.3 is 9.84 Å². The second-order valence-corrected chi connectivity index (χ2v) is 3.88. The lowest BCUT2D eigenvalue weighted by Crippen LogP contribution is -2.48.